The van der Waals surface area contributed by atoms with E-state index in [1.807, 2.05) is 16.8 Å². The number of hydrogen-bond donors (Lipinski definition) is 1. The molecule has 1 aromatic carbocycles. The fourth-order valence-corrected chi connectivity index (χ4v) is 4.58. The van der Waals surface area contributed by atoms with E-state index in [-0.39, 0.29) is 10.8 Å². The van der Waals surface area contributed by atoms with Crippen LogP contribution in [0.5, 0.6) is 0 Å². The Morgan fingerprint density at radius 3 is 2.52 bits per heavy atom. The molecular formula is C17H20N2O4S2. The third-order valence-electron chi connectivity index (χ3n) is 3.98. The Kier molecular flexibility index (Phi) is 5.85. The van der Waals surface area contributed by atoms with Crippen molar-refractivity contribution < 1.29 is 17.9 Å². The molecule has 1 saturated heterocycles. The minimum absolute atomic E-state index is 0.0524. The van der Waals surface area contributed by atoms with Gasteiger partial charge in [-0.2, -0.15) is 15.6 Å². The highest BCUT2D eigenvalue weighted by Gasteiger charge is 2.26. The quantitative estimate of drug-likeness (QED) is 0.835. The summed E-state index contributed by atoms with van der Waals surface area (Å²) in [5.41, 5.74) is 1.74. The first-order chi connectivity index (χ1) is 12.1. The Bertz CT molecular complexity index is 796. The van der Waals surface area contributed by atoms with Gasteiger partial charge in [0.15, 0.2) is 0 Å². The van der Waals surface area contributed by atoms with Crippen molar-refractivity contribution in [3.63, 3.8) is 0 Å². The van der Waals surface area contributed by atoms with E-state index in [0.717, 1.165) is 11.3 Å². The second kappa shape index (κ2) is 8.09. The van der Waals surface area contributed by atoms with Gasteiger partial charge in [-0.1, -0.05) is 12.1 Å². The van der Waals surface area contributed by atoms with Crippen LogP contribution in [0.15, 0.2) is 46.0 Å². The highest BCUT2D eigenvalue weighted by atomic mass is 32.2. The average Bonchev–Trinajstić information content (AvgIpc) is 3.14. The first-order valence-electron chi connectivity index (χ1n) is 8.04. The van der Waals surface area contributed by atoms with Gasteiger partial charge in [0.25, 0.3) is 0 Å². The number of nitrogens with one attached hydrogen (secondary N) is 1. The predicted octanol–water partition coefficient (Wildman–Crippen LogP) is 2.34. The zero-order chi connectivity index (χ0) is 17.7. The van der Waals surface area contributed by atoms with Gasteiger partial charge in [0.1, 0.15) is 0 Å². The lowest BCUT2D eigenvalue weighted by Crippen LogP contribution is -2.40. The molecule has 0 radical (unpaired) electrons. The number of morpholine rings is 1. The summed E-state index contributed by atoms with van der Waals surface area (Å²) in [5.74, 6) is -0.0524. The summed E-state index contributed by atoms with van der Waals surface area (Å²) >= 11 is 1.53. The van der Waals surface area contributed by atoms with E-state index in [2.05, 4.69) is 5.32 Å². The molecule has 134 valence electrons. The standard InChI is InChI=1S/C17H20N2O4S2/c20-17(18-15-7-12-24-13-15)6-3-14-1-4-16(5-2-14)25(21,22)19-8-10-23-11-9-19/h1-2,4-5,7,12-13H,3,6,8-11H2,(H,18,20). The van der Waals surface area contributed by atoms with Crippen molar-refractivity contribution in [3.05, 3.63) is 46.7 Å². The van der Waals surface area contributed by atoms with E-state index in [9.17, 15) is 13.2 Å². The lowest BCUT2D eigenvalue weighted by Gasteiger charge is -2.26. The van der Waals surface area contributed by atoms with Crippen LogP contribution in [0, 0.1) is 0 Å². The molecule has 2 heterocycles. The molecule has 2 aromatic rings. The van der Waals surface area contributed by atoms with Crippen LogP contribution in [0.1, 0.15) is 12.0 Å². The average molecular weight is 380 g/mol. The van der Waals surface area contributed by atoms with Crippen molar-refractivity contribution in [3.8, 4) is 0 Å². The third-order valence-corrected chi connectivity index (χ3v) is 6.57. The highest BCUT2D eigenvalue weighted by molar-refractivity contribution is 7.89. The minimum atomic E-state index is -3.47. The van der Waals surface area contributed by atoms with E-state index in [1.165, 1.54) is 15.6 Å². The van der Waals surface area contributed by atoms with Crippen molar-refractivity contribution in [1.29, 1.82) is 0 Å². The third kappa shape index (κ3) is 4.66. The van der Waals surface area contributed by atoms with E-state index in [0.29, 0.717) is 39.1 Å². The summed E-state index contributed by atoms with van der Waals surface area (Å²) < 4.78 is 31.7. The van der Waals surface area contributed by atoms with Crippen molar-refractivity contribution in [2.75, 3.05) is 31.6 Å². The SMILES string of the molecule is O=C(CCc1ccc(S(=O)(=O)N2CCOCC2)cc1)Nc1ccsc1. The topological polar surface area (TPSA) is 75.7 Å². The first kappa shape index (κ1) is 18.1. The van der Waals surface area contributed by atoms with Gasteiger partial charge < -0.3 is 10.1 Å². The van der Waals surface area contributed by atoms with Crippen LogP contribution in [-0.4, -0.2) is 44.9 Å². The predicted molar refractivity (Wildman–Crippen MR) is 97.3 cm³/mol. The molecule has 0 aliphatic carbocycles. The number of nitrogens with zero attached hydrogens (tertiary/aromatic N) is 1. The molecule has 0 unspecified atom stereocenters. The van der Waals surface area contributed by atoms with Gasteiger partial charge in [-0.05, 0) is 35.6 Å². The number of rotatable bonds is 6. The number of aryl methyl sites for hydroxylation is 1. The molecule has 3 rings (SSSR count). The number of sulfonamides is 1. The van der Waals surface area contributed by atoms with Gasteiger partial charge in [0.2, 0.25) is 15.9 Å². The molecule has 1 fully saturated rings. The smallest absolute Gasteiger partial charge is 0.243 e. The van der Waals surface area contributed by atoms with Gasteiger partial charge in [-0.25, -0.2) is 8.42 Å². The molecule has 25 heavy (non-hydrogen) atoms. The number of benzene rings is 1. The second-order valence-electron chi connectivity index (χ2n) is 5.72. The maximum absolute atomic E-state index is 12.5. The number of carbonyl (C=O) groups is 1. The van der Waals surface area contributed by atoms with E-state index in [1.54, 1.807) is 24.3 Å². The molecular weight excluding hydrogens is 360 g/mol. The Morgan fingerprint density at radius 1 is 1.16 bits per heavy atom. The molecule has 6 nitrogen and oxygen atoms in total. The van der Waals surface area contributed by atoms with Gasteiger partial charge in [0.05, 0.1) is 23.8 Å². The van der Waals surface area contributed by atoms with Crippen LogP contribution >= 0.6 is 11.3 Å². The minimum Gasteiger partial charge on any atom is -0.379 e. The summed E-state index contributed by atoms with van der Waals surface area (Å²) in [6.07, 6.45) is 0.916. The van der Waals surface area contributed by atoms with Crippen LogP contribution in [-0.2, 0) is 26.0 Å². The molecule has 1 amide bonds. The summed E-state index contributed by atoms with van der Waals surface area (Å²) in [6.45, 7) is 1.62. The molecule has 1 aliphatic rings. The fraction of sp³-hybridized carbons (Fsp3) is 0.353. The zero-order valence-electron chi connectivity index (χ0n) is 13.7. The normalized spacial score (nSPS) is 15.8. The van der Waals surface area contributed by atoms with E-state index in [4.69, 9.17) is 4.74 Å². The first-order valence-corrected chi connectivity index (χ1v) is 10.4. The molecule has 0 atom stereocenters. The molecule has 1 N–H and O–H groups in total. The molecule has 1 aliphatic heterocycles. The zero-order valence-corrected chi connectivity index (χ0v) is 15.3. The van der Waals surface area contributed by atoms with E-state index < -0.39 is 10.0 Å². The maximum atomic E-state index is 12.5. The monoisotopic (exact) mass is 380 g/mol. The largest absolute Gasteiger partial charge is 0.379 e. The van der Waals surface area contributed by atoms with Crippen molar-refractivity contribution in [2.24, 2.45) is 0 Å². The number of carbonyl (C=O) groups excluding carboxylic acids is 1. The number of amides is 1. The Morgan fingerprint density at radius 2 is 1.88 bits per heavy atom. The number of ether oxygens (including phenoxy) is 1. The number of hydrogen-bond acceptors (Lipinski definition) is 5. The Labute approximate surface area is 151 Å². The highest BCUT2D eigenvalue weighted by Crippen LogP contribution is 2.18. The summed E-state index contributed by atoms with van der Waals surface area (Å²) in [5, 5.41) is 6.61. The summed E-state index contributed by atoms with van der Waals surface area (Å²) in [7, 11) is -3.47. The van der Waals surface area contributed by atoms with Crippen LogP contribution < -0.4 is 5.32 Å². The van der Waals surface area contributed by atoms with Crippen molar-refractivity contribution in [2.45, 2.75) is 17.7 Å². The van der Waals surface area contributed by atoms with Gasteiger partial charge in [-0.3, -0.25) is 4.79 Å². The van der Waals surface area contributed by atoms with Gasteiger partial charge in [-0.15, -0.1) is 0 Å². The van der Waals surface area contributed by atoms with Crippen LogP contribution in [0.4, 0.5) is 5.69 Å². The van der Waals surface area contributed by atoms with Crippen molar-refractivity contribution in [1.82, 2.24) is 4.31 Å². The lowest BCUT2D eigenvalue weighted by atomic mass is 10.1. The molecule has 1 aromatic heterocycles. The second-order valence-corrected chi connectivity index (χ2v) is 8.44. The van der Waals surface area contributed by atoms with Gasteiger partial charge >= 0.3 is 0 Å². The van der Waals surface area contributed by atoms with Crippen LogP contribution in [0.2, 0.25) is 0 Å². The number of thiophene rings is 1. The molecule has 0 saturated carbocycles. The molecule has 0 bridgehead atoms. The van der Waals surface area contributed by atoms with Crippen molar-refractivity contribution >= 4 is 33.0 Å². The maximum Gasteiger partial charge on any atom is 0.243 e. The van der Waals surface area contributed by atoms with Crippen LogP contribution in [0.25, 0.3) is 0 Å². The fourth-order valence-electron chi connectivity index (χ4n) is 2.58. The number of anilines is 1. The summed E-state index contributed by atoms with van der Waals surface area (Å²) in [4.78, 5) is 12.2. The lowest BCUT2D eigenvalue weighted by molar-refractivity contribution is -0.116. The van der Waals surface area contributed by atoms with Gasteiger partial charge in [0, 0.05) is 24.9 Å². The Hall–Kier alpha value is -1.74. The van der Waals surface area contributed by atoms with E-state index >= 15 is 0 Å². The molecule has 0 spiro atoms. The van der Waals surface area contributed by atoms with Crippen LogP contribution in [0.3, 0.4) is 0 Å². The summed E-state index contributed by atoms with van der Waals surface area (Å²) in [6, 6.07) is 8.61. The Balaban J connectivity index is 1.57. The molecule has 8 heteroatoms.